The van der Waals surface area contributed by atoms with E-state index in [1.54, 1.807) is 19.1 Å². The van der Waals surface area contributed by atoms with E-state index >= 15 is 0 Å². The Bertz CT molecular complexity index is 420. The predicted octanol–water partition coefficient (Wildman–Crippen LogP) is 2.45. The molecule has 4 heteroatoms. The van der Waals surface area contributed by atoms with E-state index in [1.165, 1.54) is 12.1 Å². The Morgan fingerprint density at radius 1 is 1.37 bits per heavy atom. The van der Waals surface area contributed by atoms with E-state index in [0.29, 0.717) is 18.5 Å². The lowest BCUT2D eigenvalue weighted by Gasteiger charge is -2.16. The third-order valence-corrected chi connectivity index (χ3v) is 3.25. The van der Waals surface area contributed by atoms with Crippen LogP contribution in [0.4, 0.5) is 4.39 Å². The second kappa shape index (κ2) is 7.24. The van der Waals surface area contributed by atoms with Gasteiger partial charge in [0.2, 0.25) is 5.91 Å². The van der Waals surface area contributed by atoms with Crippen molar-refractivity contribution >= 4 is 5.91 Å². The molecule has 3 nitrogen and oxygen atoms in total. The zero-order valence-corrected chi connectivity index (χ0v) is 11.7. The molecule has 2 unspecified atom stereocenters. The molecule has 106 valence electrons. The van der Waals surface area contributed by atoms with Crippen LogP contribution in [0.1, 0.15) is 38.7 Å². The first kappa shape index (κ1) is 15.6. The maximum Gasteiger partial charge on any atom is 0.227 e. The molecular formula is C15H22FNO2. The number of hydrogen-bond donors (Lipinski definition) is 2. The molecule has 0 saturated heterocycles. The molecule has 0 aliphatic carbocycles. The molecule has 2 N–H and O–H groups in total. The van der Waals surface area contributed by atoms with Crippen LogP contribution in [0, 0.1) is 11.7 Å². The molecule has 0 radical (unpaired) electrons. The smallest absolute Gasteiger partial charge is 0.227 e. The molecule has 0 spiro atoms. The van der Waals surface area contributed by atoms with Gasteiger partial charge in [-0.25, -0.2) is 4.39 Å². The van der Waals surface area contributed by atoms with Gasteiger partial charge in [0, 0.05) is 6.54 Å². The molecule has 0 aliphatic heterocycles. The number of aliphatic hydroxyl groups is 1. The summed E-state index contributed by atoms with van der Waals surface area (Å²) in [4.78, 5) is 11.9. The molecule has 0 fully saturated rings. The first-order valence-electron chi connectivity index (χ1n) is 6.63. The van der Waals surface area contributed by atoms with Crippen LogP contribution in [-0.4, -0.2) is 23.7 Å². The van der Waals surface area contributed by atoms with Crippen molar-refractivity contribution in [1.82, 2.24) is 5.32 Å². The van der Waals surface area contributed by atoms with Crippen molar-refractivity contribution in [2.45, 2.75) is 39.2 Å². The van der Waals surface area contributed by atoms with E-state index in [-0.39, 0.29) is 17.6 Å². The Kier molecular flexibility index (Phi) is 5.96. The summed E-state index contributed by atoms with van der Waals surface area (Å²) in [6.45, 7) is 6.03. The Hall–Kier alpha value is -1.42. The number of amides is 1. The zero-order chi connectivity index (χ0) is 14.4. The number of carbonyl (C=O) groups excluding carboxylic acids is 1. The topological polar surface area (TPSA) is 49.3 Å². The van der Waals surface area contributed by atoms with Crippen LogP contribution in [0.5, 0.6) is 0 Å². The minimum atomic E-state index is -0.412. The summed E-state index contributed by atoms with van der Waals surface area (Å²) in [7, 11) is 0. The van der Waals surface area contributed by atoms with Crippen molar-refractivity contribution in [3.8, 4) is 0 Å². The highest BCUT2D eigenvalue weighted by molar-refractivity contribution is 5.83. The lowest BCUT2D eigenvalue weighted by molar-refractivity contribution is -0.122. The second-order valence-electron chi connectivity index (χ2n) is 5.17. The highest BCUT2D eigenvalue weighted by atomic mass is 19.1. The van der Waals surface area contributed by atoms with Crippen LogP contribution in [-0.2, 0) is 4.79 Å². The van der Waals surface area contributed by atoms with Crippen molar-refractivity contribution in [2.75, 3.05) is 6.54 Å². The van der Waals surface area contributed by atoms with Crippen LogP contribution < -0.4 is 5.32 Å². The van der Waals surface area contributed by atoms with Gasteiger partial charge in [-0.05, 0) is 37.0 Å². The molecule has 0 bridgehead atoms. The fourth-order valence-electron chi connectivity index (χ4n) is 1.76. The fourth-order valence-corrected chi connectivity index (χ4v) is 1.76. The van der Waals surface area contributed by atoms with Crippen molar-refractivity contribution in [2.24, 2.45) is 5.92 Å². The Balaban J connectivity index is 2.45. The minimum absolute atomic E-state index is 0.151. The van der Waals surface area contributed by atoms with E-state index in [4.69, 9.17) is 0 Å². The highest BCUT2D eigenvalue weighted by Gasteiger charge is 2.16. The molecule has 1 rings (SSSR count). The Labute approximate surface area is 113 Å². The van der Waals surface area contributed by atoms with Crippen molar-refractivity contribution in [3.05, 3.63) is 35.6 Å². The molecule has 2 atom stereocenters. The summed E-state index contributed by atoms with van der Waals surface area (Å²) in [5.41, 5.74) is 0.655. The number of halogens is 1. The summed E-state index contributed by atoms with van der Waals surface area (Å²) in [5.74, 6) is -0.710. The van der Waals surface area contributed by atoms with Gasteiger partial charge in [0.1, 0.15) is 5.82 Å². The van der Waals surface area contributed by atoms with Gasteiger partial charge in [-0.1, -0.05) is 26.0 Å². The minimum Gasteiger partial charge on any atom is -0.393 e. The molecule has 0 aliphatic rings. The summed E-state index contributed by atoms with van der Waals surface area (Å²) >= 11 is 0. The second-order valence-corrected chi connectivity index (χ2v) is 5.17. The van der Waals surface area contributed by atoms with Gasteiger partial charge >= 0.3 is 0 Å². The third-order valence-electron chi connectivity index (χ3n) is 3.25. The van der Waals surface area contributed by atoms with Gasteiger partial charge in [-0.2, -0.15) is 0 Å². The lowest BCUT2D eigenvalue weighted by atomic mass is 10.00. The number of benzene rings is 1. The number of nitrogens with one attached hydrogen (secondary N) is 1. The summed E-state index contributed by atoms with van der Waals surface area (Å²) in [6.07, 6.45) is 0.115. The molecule has 0 saturated carbocycles. The quantitative estimate of drug-likeness (QED) is 0.831. The fraction of sp³-hybridized carbons (Fsp3) is 0.533. The average molecular weight is 267 g/mol. The van der Waals surface area contributed by atoms with Crippen LogP contribution in [0.2, 0.25) is 0 Å². The van der Waals surface area contributed by atoms with Gasteiger partial charge in [-0.3, -0.25) is 4.79 Å². The maximum absolute atomic E-state index is 13.1. The van der Waals surface area contributed by atoms with Gasteiger partial charge in [-0.15, -0.1) is 0 Å². The van der Waals surface area contributed by atoms with Crippen molar-refractivity contribution in [1.29, 1.82) is 0 Å². The molecule has 1 amide bonds. The van der Waals surface area contributed by atoms with E-state index in [1.807, 2.05) is 13.8 Å². The molecule has 19 heavy (non-hydrogen) atoms. The van der Waals surface area contributed by atoms with Crippen molar-refractivity contribution in [3.63, 3.8) is 0 Å². The highest BCUT2D eigenvalue weighted by Crippen LogP contribution is 2.16. The number of aliphatic hydroxyl groups excluding tert-OH is 1. The largest absolute Gasteiger partial charge is 0.393 e. The third kappa shape index (κ3) is 4.99. The van der Waals surface area contributed by atoms with Crippen molar-refractivity contribution < 1.29 is 14.3 Å². The van der Waals surface area contributed by atoms with Gasteiger partial charge in [0.05, 0.1) is 12.0 Å². The SMILES string of the molecule is CC(C(=O)NCCC(O)C(C)C)c1cccc(F)c1. The zero-order valence-electron chi connectivity index (χ0n) is 11.7. The molecular weight excluding hydrogens is 245 g/mol. The number of carbonyl (C=O) groups is 1. The summed E-state index contributed by atoms with van der Waals surface area (Å²) < 4.78 is 13.1. The van der Waals surface area contributed by atoms with Crippen LogP contribution in [0.25, 0.3) is 0 Å². The van der Waals surface area contributed by atoms with E-state index in [9.17, 15) is 14.3 Å². The van der Waals surface area contributed by atoms with Gasteiger partial charge < -0.3 is 10.4 Å². The average Bonchev–Trinajstić information content (AvgIpc) is 2.37. The van der Waals surface area contributed by atoms with E-state index < -0.39 is 12.0 Å². The monoisotopic (exact) mass is 267 g/mol. The number of hydrogen-bond acceptors (Lipinski definition) is 2. The first-order chi connectivity index (χ1) is 8.91. The van der Waals surface area contributed by atoms with Crippen LogP contribution in [0.3, 0.4) is 0 Å². The summed E-state index contributed by atoms with van der Waals surface area (Å²) in [6, 6.07) is 6.05. The standard InChI is InChI=1S/C15H22FNO2/c1-10(2)14(18)7-8-17-15(19)11(3)12-5-4-6-13(16)9-12/h4-6,9-11,14,18H,7-8H2,1-3H3,(H,17,19). The molecule has 0 heterocycles. The molecule has 1 aromatic rings. The number of rotatable bonds is 6. The molecule has 0 aromatic heterocycles. The van der Waals surface area contributed by atoms with E-state index in [2.05, 4.69) is 5.32 Å². The first-order valence-corrected chi connectivity index (χ1v) is 6.63. The van der Waals surface area contributed by atoms with E-state index in [0.717, 1.165) is 0 Å². The summed E-state index contributed by atoms with van der Waals surface area (Å²) in [5, 5.41) is 12.4. The lowest BCUT2D eigenvalue weighted by Crippen LogP contribution is -2.31. The van der Waals surface area contributed by atoms with Crippen LogP contribution >= 0.6 is 0 Å². The molecule has 1 aromatic carbocycles. The Morgan fingerprint density at radius 3 is 2.63 bits per heavy atom. The van der Waals surface area contributed by atoms with Gasteiger partial charge in [0.15, 0.2) is 0 Å². The van der Waals surface area contributed by atoms with Crippen LogP contribution in [0.15, 0.2) is 24.3 Å². The van der Waals surface area contributed by atoms with Gasteiger partial charge in [0.25, 0.3) is 0 Å². The maximum atomic E-state index is 13.1. The Morgan fingerprint density at radius 2 is 2.05 bits per heavy atom. The predicted molar refractivity (Wildman–Crippen MR) is 73.3 cm³/mol. The normalized spacial score (nSPS) is 14.2.